The van der Waals surface area contributed by atoms with Crippen LogP contribution in [0.4, 0.5) is 15.6 Å². The SMILES string of the molecule is CCOC(=O)C(=O)c1csc(NC(=O)Nc2cc(OC)c(OC)c(OC)c2)n1. The van der Waals surface area contributed by atoms with E-state index < -0.39 is 17.8 Å². The maximum Gasteiger partial charge on any atom is 0.381 e. The summed E-state index contributed by atoms with van der Waals surface area (Å²) in [6.45, 7) is 1.67. The van der Waals surface area contributed by atoms with E-state index in [1.807, 2.05) is 0 Å². The van der Waals surface area contributed by atoms with Crippen LogP contribution in [0.1, 0.15) is 17.4 Å². The lowest BCUT2D eigenvalue weighted by Crippen LogP contribution is -2.20. The number of anilines is 2. The predicted octanol–water partition coefficient (Wildman–Crippen LogP) is 2.56. The zero-order valence-corrected chi connectivity index (χ0v) is 16.5. The largest absolute Gasteiger partial charge is 0.493 e. The number of amides is 2. The monoisotopic (exact) mass is 409 g/mol. The fourth-order valence-corrected chi connectivity index (χ4v) is 2.84. The number of esters is 1. The number of nitrogens with zero attached hydrogens (tertiary/aromatic N) is 1. The number of hydrogen-bond acceptors (Lipinski definition) is 9. The molecule has 1 aromatic carbocycles. The van der Waals surface area contributed by atoms with Gasteiger partial charge < -0.3 is 24.3 Å². The van der Waals surface area contributed by atoms with E-state index in [0.717, 1.165) is 11.3 Å². The Morgan fingerprint density at radius 1 is 1.04 bits per heavy atom. The molecule has 0 aliphatic rings. The molecule has 11 heteroatoms. The van der Waals surface area contributed by atoms with Crippen LogP contribution in [0.15, 0.2) is 17.5 Å². The molecule has 28 heavy (non-hydrogen) atoms. The number of urea groups is 1. The number of carbonyl (C=O) groups excluding carboxylic acids is 3. The minimum Gasteiger partial charge on any atom is -0.493 e. The lowest BCUT2D eigenvalue weighted by Gasteiger charge is -2.14. The van der Waals surface area contributed by atoms with Crippen LogP contribution in [-0.2, 0) is 9.53 Å². The van der Waals surface area contributed by atoms with E-state index >= 15 is 0 Å². The van der Waals surface area contributed by atoms with Gasteiger partial charge in [0.05, 0.1) is 33.6 Å². The summed E-state index contributed by atoms with van der Waals surface area (Å²) in [4.78, 5) is 39.4. The van der Waals surface area contributed by atoms with E-state index in [1.165, 1.54) is 26.7 Å². The summed E-state index contributed by atoms with van der Waals surface area (Å²) in [6, 6.07) is 2.50. The van der Waals surface area contributed by atoms with Crippen LogP contribution in [0.3, 0.4) is 0 Å². The molecule has 2 rings (SSSR count). The summed E-state index contributed by atoms with van der Waals surface area (Å²) in [5.74, 6) is -0.752. The molecule has 0 saturated heterocycles. The van der Waals surface area contributed by atoms with Gasteiger partial charge in [-0.1, -0.05) is 0 Å². The van der Waals surface area contributed by atoms with Gasteiger partial charge in [0.2, 0.25) is 5.75 Å². The molecule has 0 atom stereocenters. The summed E-state index contributed by atoms with van der Waals surface area (Å²) in [5.41, 5.74) is 0.276. The van der Waals surface area contributed by atoms with Crippen molar-refractivity contribution >= 4 is 39.9 Å². The maximum absolute atomic E-state index is 12.2. The van der Waals surface area contributed by atoms with Crippen LogP contribution in [0.25, 0.3) is 0 Å². The highest BCUT2D eigenvalue weighted by Crippen LogP contribution is 2.39. The number of hydrogen-bond donors (Lipinski definition) is 2. The van der Waals surface area contributed by atoms with Crippen LogP contribution in [-0.4, -0.2) is 50.7 Å². The molecule has 1 aromatic heterocycles. The Hall–Kier alpha value is -3.34. The molecule has 0 radical (unpaired) electrons. The molecule has 0 bridgehead atoms. The summed E-state index contributed by atoms with van der Waals surface area (Å²) in [5, 5.41) is 6.57. The van der Waals surface area contributed by atoms with Crippen LogP contribution >= 0.6 is 11.3 Å². The molecular formula is C17H19N3O7S. The number of Topliss-reactive ketones (excluding diaryl/α,β-unsaturated/α-hetero) is 1. The number of rotatable bonds is 8. The predicted molar refractivity (Wildman–Crippen MR) is 102 cm³/mol. The van der Waals surface area contributed by atoms with E-state index in [0.29, 0.717) is 22.9 Å². The first kappa shape index (κ1) is 21.0. The fourth-order valence-electron chi connectivity index (χ4n) is 2.15. The van der Waals surface area contributed by atoms with Crippen molar-refractivity contribution in [3.63, 3.8) is 0 Å². The number of ketones is 1. The first-order valence-electron chi connectivity index (χ1n) is 7.98. The van der Waals surface area contributed by atoms with Crippen molar-refractivity contribution < 1.29 is 33.3 Å². The topological polar surface area (TPSA) is 125 Å². The number of ether oxygens (including phenoxy) is 4. The van der Waals surface area contributed by atoms with Gasteiger partial charge in [-0.05, 0) is 6.92 Å². The van der Waals surface area contributed by atoms with Crippen molar-refractivity contribution in [2.45, 2.75) is 6.92 Å². The van der Waals surface area contributed by atoms with Crippen molar-refractivity contribution in [1.29, 1.82) is 0 Å². The highest BCUT2D eigenvalue weighted by atomic mass is 32.1. The molecule has 0 aliphatic heterocycles. The quantitative estimate of drug-likeness (QED) is 0.387. The van der Waals surface area contributed by atoms with Gasteiger partial charge >= 0.3 is 12.0 Å². The lowest BCUT2D eigenvalue weighted by atomic mass is 10.2. The van der Waals surface area contributed by atoms with Gasteiger partial charge in [0, 0.05) is 17.5 Å². The van der Waals surface area contributed by atoms with Gasteiger partial charge in [-0.25, -0.2) is 14.6 Å². The maximum atomic E-state index is 12.2. The van der Waals surface area contributed by atoms with E-state index in [4.69, 9.17) is 14.2 Å². The summed E-state index contributed by atoms with van der Waals surface area (Å²) < 4.78 is 20.3. The second-order valence-electron chi connectivity index (χ2n) is 5.08. The van der Waals surface area contributed by atoms with Gasteiger partial charge in [0.25, 0.3) is 5.78 Å². The second-order valence-corrected chi connectivity index (χ2v) is 5.94. The molecule has 10 nitrogen and oxygen atoms in total. The molecule has 2 amide bonds. The van der Waals surface area contributed by atoms with Crippen LogP contribution in [0, 0.1) is 0 Å². The molecular weight excluding hydrogens is 390 g/mol. The second kappa shape index (κ2) is 9.55. The third-order valence-corrected chi connectivity index (χ3v) is 4.10. The minimum atomic E-state index is -0.999. The number of thiazole rings is 1. The van der Waals surface area contributed by atoms with Gasteiger partial charge in [-0.2, -0.15) is 0 Å². The van der Waals surface area contributed by atoms with E-state index in [1.54, 1.807) is 19.1 Å². The molecule has 0 saturated carbocycles. The molecule has 150 valence electrons. The zero-order valence-electron chi connectivity index (χ0n) is 15.7. The van der Waals surface area contributed by atoms with Crippen LogP contribution in [0.5, 0.6) is 17.2 Å². The first-order chi connectivity index (χ1) is 13.4. The Kier molecular flexibility index (Phi) is 7.15. The molecule has 1 heterocycles. The third-order valence-electron chi connectivity index (χ3n) is 3.34. The average Bonchev–Trinajstić information content (AvgIpc) is 3.14. The molecule has 2 N–H and O–H groups in total. The van der Waals surface area contributed by atoms with Gasteiger partial charge in [-0.3, -0.25) is 10.1 Å². The smallest absolute Gasteiger partial charge is 0.381 e. The summed E-state index contributed by atoms with van der Waals surface area (Å²) >= 11 is 0.993. The standard InChI is InChI=1S/C17H19N3O7S/c1-5-27-15(22)13(21)10-8-28-17(19-10)20-16(23)18-9-6-11(24-2)14(26-4)12(7-9)25-3/h6-8H,5H2,1-4H3,(H2,18,19,20,23). The van der Waals surface area contributed by atoms with E-state index in [-0.39, 0.29) is 17.4 Å². The molecule has 0 spiro atoms. The number of aromatic nitrogens is 1. The fraction of sp³-hybridized carbons (Fsp3) is 0.294. The molecule has 2 aromatic rings. The summed E-state index contributed by atoms with van der Waals surface area (Å²) in [7, 11) is 4.38. The Balaban J connectivity index is 2.09. The highest BCUT2D eigenvalue weighted by molar-refractivity contribution is 7.14. The number of carbonyl (C=O) groups is 3. The van der Waals surface area contributed by atoms with Gasteiger partial charge in [0.15, 0.2) is 16.6 Å². The van der Waals surface area contributed by atoms with Crippen molar-refractivity contribution in [3.8, 4) is 17.2 Å². The molecule has 0 aliphatic carbocycles. The number of methoxy groups -OCH3 is 3. The van der Waals surface area contributed by atoms with Gasteiger partial charge in [0.1, 0.15) is 5.69 Å². The van der Waals surface area contributed by atoms with Crippen molar-refractivity contribution in [2.24, 2.45) is 0 Å². The van der Waals surface area contributed by atoms with Gasteiger partial charge in [-0.15, -0.1) is 11.3 Å². The minimum absolute atomic E-state index is 0.0804. The van der Waals surface area contributed by atoms with Crippen molar-refractivity contribution in [2.75, 3.05) is 38.6 Å². The Morgan fingerprint density at radius 2 is 1.68 bits per heavy atom. The molecule has 0 fully saturated rings. The van der Waals surface area contributed by atoms with Crippen LogP contribution < -0.4 is 24.8 Å². The highest BCUT2D eigenvalue weighted by Gasteiger charge is 2.21. The normalized spacial score (nSPS) is 10.0. The summed E-state index contributed by atoms with van der Waals surface area (Å²) in [6.07, 6.45) is 0. The van der Waals surface area contributed by atoms with Crippen LogP contribution in [0.2, 0.25) is 0 Å². The number of nitrogens with one attached hydrogen (secondary N) is 2. The van der Waals surface area contributed by atoms with E-state index in [9.17, 15) is 14.4 Å². The van der Waals surface area contributed by atoms with E-state index in [2.05, 4.69) is 20.4 Å². The average molecular weight is 409 g/mol. The Morgan fingerprint density at radius 3 is 2.21 bits per heavy atom. The number of benzene rings is 1. The van der Waals surface area contributed by atoms with Crippen molar-refractivity contribution in [1.82, 2.24) is 4.98 Å². The first-order valence-corrected chi connectivity index (χ1v) is 8.86. The zero-order chi connectivity index (χ0) is 20.7. The third kappa shape index (κ3) is 4.88. The lowest BCUT2D eigenvalue weighted by molar-refractivity contribution is -0.137. The molecule has 0 unspecified atom stereocenters. The Labute approximate surface area is 164 Å². The Bertz CT molecular complexity index is 856. The van der Waals surface area contributed by atoms with Crippen molar-refractivity contribution in [3.05, 3.63) is 23.2 Å².